The summed E-state index contributed by atoms with van der Waals surface area (Å²) in [6, 6.07) is 8.31. The van der Waals surface area contributed by atoms with Gasteiger partial charge in [-0.1, -0.05) is 5.56 Å². The van der Waals surface area contributed by atoms with Crippen molar-refractivity contribution in [1.29, 1.82) is 0 Å². The molecule has 0 heterocycles. The summed E-state index contributed by atoms with van der Waals surface area (Å²) in [6.07, 6.45) is -2.36. The van der Waals surface area contributed by atoms with Crippen molar-refractivity contribution >= 4 is 23.1 Å². The Morgan fingerprint density at radius 2 is 1.46 bits per heavy atom. The van der Waals surface area contributed by atoms with Gasteiger partial charge in [-0.3, -0.25) is 0 Å². The molecular formula is C7H5Cl2F2LiMg. The molecule has 0 bridgehead atoms. The maximum absolute atomic E-state index is 11.8. The summed E-state index contributed by atoms with van der Waals surface area (Å²) in [5.74, 6) is 0. The van der Waals surface area contributed by atoms with Crippen molar-refractivity contribution in [2.75, 3.05) is 0 Å². The molecule has 1 aromatic carbocycles. The number of benzene rings is 1. The van der Waals surface area contributed by atoms with Gasteiger partial charge in [-0.2, -0.15) is 30.3 Å². The first kappa shape index (κ1) is 23.7. The Balaban J connectivity index is -0.000000101. The molecule has 1 aromatic rings. The van der Waals surface area contributed by atoms with Gasteiger partial charge in [0, 0.05) is 0 Å². The Kier molecular flexibility index (Phi) is 23.7. The molecule has 0 atom stereocenters. The predicted octanol–water partition coefficient (Wildman–Crippen LogP) is -6.94. The quantitative estimate of drug-likeness (QED) is 0.332. The third kappa shape index (κ3) is 9.33. The first-order valence-corrected chi connectivity index (χ1v) is 2.55. The van der Waals surface area contributed by atoms with Crippen LogP contribution >= 0.6 is 0 Å². The molecule has 0 unspecified atom stereocenters. The van der Waals surface area contributed by atoms with E-state index in [0.29, 0.717) is 0 Å². The Labute approximate surface area is 117 Å². The molecule has 0 nitrogen and oxygen atoms in total. The normalized spacial score (nSPS) is 7.00. The van der Waals surface area contributed by atoms with E-state index in [2.05, 4.69) is 6.07 Å². The van der Waals surface area contributed by atoms with Gasteiger partial charge in [0.2, 0.25) is 6.43 Å². The minimum atomic E-state index is -2.36. The molecule has 0 aliphatic rings. The summed E-state index contributed by atoms with van der Waals surface area (Å²) in [5.41, 5.74) is 0.0498. The molecule has 0 N–H and O–H groups in total. The Morgan fingerprint density at radius 3 is 1.69 bits per heavy atom. The van der Waals surface area contributed by atoms with Crippen molar-refractivity contribution in [2.24, 2.45) is 0 Å². The molecule has 6 heteroatoms. The van der Waals surface area contributed by atoms with E-state index in [-0.39, 0.29) is 72.3 Å². The zero-order valence-corrected chi connectivity index (χ0v) is 10.0. The van der Waals surface area contributed by atoms with E-state index in [0.717, 1.165) is 0 Å². The van der Waals surface area contributed by atoms with Crippen molar-refractivity contribution < 1.29 is 52.5 Å². The summed E-state index contributed by atoms with van der Waals surface area (Å²) < 4.78 is 23.5. The van der Waals surface area contributed by atoms with Gasteiger partial charge in [0.1, 0.15) is 0 Å². The molecule has 13 heavy (non-hydrogen) atoms. The minimum absolute atomic E-state index is 0. The average Bonchev–Trinajstić information content (AvgIpc) is 1.90. The summed E-state index contributed by atoms with van der Waals surface area (Å²) in [7, 11) is 0. The number of rotatable bonds is 1. The maximum Gasteiger partial charge on any atom is 2.00 e. The van der Waals surface area contributed by atoms with Gasteiger partial charge in [0.05, 0.1) is 0 Å². The summed E-state index contributed by atoms with van der Waals surface area (Å²) in [5, 5.41) is 0. The van der Waals surface area contributed by atoms with Crippen molar-refractivity contribution in [3.63, 3.8) is 0 Å². The predicted molar refractivity (Wildman–Crippen MR) is 36.0 cm³/mol. The number of hydrogen-bond acceptors (Lipinski definition) is 0. The molecule has 0 aromatic heterocycles. The van der Waals surface area contributed by atoms with Crippen LogP contribution in [0.1, 0.15) is 12.0 Å². The second-order valence-electron chi connectivity index (χ2n) is 1.63. The van der Waals surface area contributed by atoms with Gasteiger partial charge in [-0.05, 0) is 0 Å². The molecule has 0 spiro atoms. The molecule has 1 rings (SSSR count). The van der Waals surface area contributed by atoms with Crippen LogP contribution in [0.4, 0.5) is 8.78 Å². The van der Waals surface area contributed by atoms with Crippen molar-refractivity contribution in [1.82, 2.24) is 0 Å². The van der Waals surface area contributed by atoms with Crippen LogP contribution in [0.25, 0.3) is 0 Å². The van der Waals surface area contributed by atoms with Gasteiger partial charge in [-0.25, -0.2) is 8.78 Å². The summed E-state index contributed by atoms with van der Waals surface area (Å²) in [6.45, 7) is 0. The van der Waals surface area contributed by atoms with E-state index in [9.17, 15) is 8.78 Å². The van der Waals surface area contributed by atoms with Crippen molar-refractivity contribution in [2.45, 2.75) is 6.43 Å². The zero-order valence-electron chi connectivity index (χ0n) is 7.11. The third-order valence-corrected chi connectivity index (χ3v) is 0.996. The minimum Gasteiger partial charge on any atom is -1.00 e. The summed E-state index contributed by atoms with van der Waals surface area (Å²) >= 11 is 0. The van der Waals surface area contributed by atoms with E-state index < -0.39 is 6.43 Å². The first-order chi connectivity index (χ1) is 4.30. The molecule has 0 aliphatic heterocycles. The second-order valence-corrected chi connectivity index (χ2v) is 1.63. The monoisotopic (exact) mass is 228 g/mol. The van der Waals surface area contributed by atoms with Crippen LogP contribution in [0, 0.1) is 6.07 Å². The molecule has 0 saturated carbocycles. The first-order valence-electron chi connectivity index (χ1n) is 2.55. The molecule has 0 amide bonds. The molecule has 64 valence electrons. The van der Waals surface area contributed by atoms with Gasteiger partial charge in [0.25, 0.3) is 0 Å². The van der Waals surface area contributed by atoms with E-state index >= 15 is 0 Å². The largest absolute Gasteiger partial charge is 2.00 e. The van der Waals surface area contributed by atoms with E-state index in [1.807, 2.05) is 0 Å². The summed E-state index contributed by atoms with van der Waals surface area (Å²) in [4.78, 5) is 0. The standard InChI is InChI=1S/C7H5F2.2ClH.Li.Mg/c8-7(9)6-4-2-1-3-5-6;;;;/h2-5,7H;2*1H;;/q-1;;;+1;+2/p-2. The van der Waals surface area contributed by atoms with Crippen LogP contribution in [0.15, 0.2) is 24.3 Å². The average molecular weight is 229 g/mol. The van der Waals surface area contributed by atoms with E-state index in [1.165, 1.54) is 24.3 Å². The Bertz CT molecular complexity index is 187. The van der Waals surface area contributed by atoms with Crippen molar-refractivity contribution in [3.05, 3.63) is 35.9 Å². The smallest absolute Gasteiger partial charge is 1.00 e. The van der Waals surface area contributed by atoms with Crippen LogP contribution in [-0.2, 0) is 0 Å². The maximum atomic E-state index is 11.8. The van der Waals surface area contributed by atoms with Gasteiger partial charge < -0.3 is 24.8 Å². The Morgan fingerprint density at radius 1 is 1.08 bits per heavy atom. The molecule has 0 saturated heterocycles. The number of hydrogen-bond donors (Lipinski definition) is 0. The topological polar surface area (TPSA) is 0 Å². The number of halogens is 4. The van der Waals surface area contributed by atoms with E-state index in [4.69, 9.17) is 0 Å². The van der Waals surface area contributed by atoms with Gasteiger partial charge >= 0.3 is 41.9 Å². The Hall–Kier alpha value is 1.02. The fourth-order valence-electron chi connectivity index (χ4n) is 0.545. The molecule has 0 radical (unpaired) electrons. The van der Waals surface area contributed by atoms with Crippen molar-refractivity contribution in [3.8, 4) is 0 Å². The van der Waals surface area contributed by atoms with Gasteiger partial charge in [-0.15, -0.1) is 0 Å². The van der Waals surface area contributed by atoms with Gasteiger partial charge in [0.15, 0.2) is 0 Å². The number of alkyl halides is 2. The van der Waals surface area contributed by atoms with Crippen LogP contribution in [0.5, 0.6) is 0 Å². The fourth-order valence-corrected chi connectivity index (χ4v) is 0.545. The molecular weight excluding hydrogens is 224 g/mol. The second kappa shape index (κ2) is 13.0. The third-order valence-electron chi connectivity index (χ3n) is 0.996. The molecule has 0 aliphatic carbocycles. The fraction of sp³-hybridized carbons (Fsp3) is 0.143. The zero-order chi connectivity index (χ0) is 6.69. The molecule has 0 fully saturated rings. The SMILES string of the molecule is FC(F)c1cc[c-]cc1.[Cl-].[Cl-].[Li+].[Mg+2]. The van der Waals surface area contributed by atoms with E-state index in [1.54, 1.807) is 0 Å². The van der Waals surface area contributed by atoms with Crippen LogP contribution < -0.4 is 43.7 Å². The van der Waals surface area contributed by atoms with Crippen LogP contribution in [0.3, 0.4) is 0 Å². The van der Waals surface area contributed by atoms with Crippen LogP contribution in [0.2, 0.25) is 0 Å². The van der Waals surface area contributed by atoms with Crippen LogP contribution in [-0.4, -0.2) is 23.1 Å².